The monoisotopic (exact) mass is 412 g/mol. The van der Waals surface area contributed by atoms with Gasteiger partial charge < -0.3 is 5.32 Å². The van der Waals surface area contributed by atoms with E-state index in [1.54, 1.807) is 0 Å². The molecule has 27 heavy (non-hydrogen) atoms. The molecule has 3 rings (SSSR count). The molecule has 1 N–H and O–H groups in total. The summed E-state index contributed by atoms with van der Waals surface area (Å²) in [7, 11) is -3.59. The van der Waals surface area contributed by atoms with E-state index in [4.69, 9.17) is 0 Å². The number of nitrogens with zero attached hydrogens (tertiary/aromatic N) is 1. The number of alkyl halides is 2. The molecular weight excluding hydrogens is 394 g/mol. The highest BCUT2D eigenvalue weighted by Crippen LogP contribution is 2.28. The first kappa shape index (κ1) is 19.8. The number of halogens is 2. The molecule has 1 heterocycles. The number of hydrogen-bond donors (Lipinski definition) is 1. The van der Waals surface area contributed by atoms with Gasteiger partial charge in [-0.05, 0) is 41.8 Å². The lowest BCUT2D eigenvalue weighted by atomic mass is 9.95. The summed E-state index contributed by atoms with van der Waals surface area (Å²) in [4.78, 5) is 13.1. The maximum atomic E-state index is 12.8. The fourth-order valence-electron chi connectivity index (χ4n) is 3.02. The number of benzene rings is 2. The molecule has 0 saturated heterocycles. The van der Waals surface area contributed by atoms with Gasteiger partial charge in [0.1, 0.15) is 6.04 Å². The topological polar surface area (TPSA) is 66.5 Å². The second-order valence-electron chi connectivity index (χ2n) is 6.19. The van der Waals surface area contributed by atoms with Crippen LogP contribution in [0.4, 0.5) is 14.5 Å². The minimum Gasteiger partial charge on any atom is -0.325 e. The summed E-state index contributed by atoms with van der Waals surface area (Å²) in [6, 6.07) is 12.5. The summed E-state index contributed by atoms with van der Waals surface area (Å²) < 4.78 is 50.3. The van der Waals surface area contributed by atoms with E-state index in [1.165, 1.54) is 28.6 Å². The van der Waals surface area contributed by atoms with E-state index in [0.717, 1.165) is 17.4 Å². The minimum absolute atomic E-state index is 0.136. The van der Waals surface area contributed by atoms with Crippen molar-refractivity contribution >= 4 is 33.4 Å². The Hall–Kier alpha value is -1.97. The van der Waals surface area contributed by atoms with Crippen LogP contribution in [0.1, 0.15) is 11.1 Å². The van der Waals surface area contributed by atoms with E-state index in [2.05, 4.69) is 5.32 Å². The molecule has 2 aromatic carbocycles. The molecule has 0 radical (unpaired) electrons. The van der Waals surface area contributed by atoms with Gasteiger partial charge in [-0.1, -0.05) is 36.0 Å². The normalized spacial score (nSPS) is 17.6. The van der Waals surface area contributed by atoms with Crippen molar-refractivity contribution in [3.05, 3.63) is 59.7 Å². The minimum atomic E-state index is -3.59. The van der Waals surface area contributed by atoms with Gasteiger partial charge in [0, 0.05) is 17.1 Å². The lowest BCUT2D eigenvalue weighted by molar-refractivity contribution is -0.120. The van der Waals surface area contributed by atoms with Gasteiger partial charge in [0.05, 0.1) is 6.26 Å². The maximum absolute atomic E-state index is 12.8. The van der Waals surface area contributed by atoms with E-state index in [9.17, 15) is 22.0 Å². The third-order valence-corrected chi connectivity index (χ3v) is 6.24. The van der Waals surface area contributed by atoms with E-state index >= 15 is 0 Å². The van der Waals surface area contributed by atoms with Gasteiger partial charge >= 0.3 is 0 Å². The van der Waals surface area contributed by atoms with Crippen molar-refractivity contribution in [2.75, 3.05) is 11.6 Å². The summed E-state index contributed by atoms with van der Waals surface area (Å²) in [5.41, 5.74) is 2.23. The van der Waals surface area contributed by atoms with Crippen LogP contribution in [0, 0.1) is 0 Å². The van der Waals surface area contributed by atoms with E-state index < -0.39 is 27.7 Å². The largest absolute Gasteiger partial charge is 0.325 e. The number of anilines is 1. The summed E-state index contributed by atoms with van der Waals surface area (Å²) in [5, 5.41) is 2.68. The Labute approximate surface area is 160 Å². The van der Waals surface area contributed by atoms with Crippen LogP contribution in [-0.2, 0) is 27.8 Å². The van der Waals surface area contributed by atoms with Crippen LogP contribution >= 0.6 is 11.8 Å². The number of fused-ring (bicyclic) bond motifs is 1. The van der Waals surface area contributed by atoms with Gasteiger partial charge in [0.15, 0.2) is 0 Å². The number of thioether (sulfide) groups is 1. The lowest BCUT2D eigenvalue weighted by Gasteiger charge is -2.34. The zero-order valence-corrected chi connectivity index (χ0v) is 16.1. The first-order valence-electron chi connectivity index (χ1n) is 8.13. The van der Waals surface area contributed by atoms with Crippen LogP contribution in [0.15, 0.2) is 53.4 Å². The van der Waals surface area contributed by atoms with Gasteiger partial charge in [0.2, 0.25) is 15.9 Å². The van der Waals surface area contributed by atoms with E-state index in [-0.39, 0.29) is 13.0 Å². The molecule has 1 aliphatic heterocycles. The van der Waals surface area contributed by atoms with Crippen molar-refractivity contribution in [2.45, 2.75) is 29.7 Å². The Morgan fingerprint density at radius 3 is 2.37 bits per heavy atom. The number of sulfonamides is 1. The standard InChI is InChI=1S/C18H18F2N2O3S2/c1-27(24,25)22-11-13-5-3-2-4-12(13)10-16(22)17(23)21-14-6-8-15(9-7-14)26-18(19)20/h2-9,16,18H,10-11H2,1H3,(H,21,23)/t16-/m0/s1. The third kappa shape index (κ3) is 4.85. The first-order chi connectivity index (χ1) is 12.7. The first-order valence-corrected chi connectivity index (χ1v) is 10.9. The molecule has 1 atom stereocenters. The molecule has 0 saturated carbocycles. The maximum Gasteiger partial charge on any atom is 0.288 e. The zero-order chi connectivity index (χ0) is 19.6. The Kier molecular flexibility index (Phi) is 5.83. The predicted molar refractivity (Wildman–Crippen MR) is 101 cm³/mol. The molecule has 0 aliphatic carbocycles. The fraction of sp³-hybridized carbons (Fsp3) is 0.278. The molecule has 0 spiro atoms. The van der Waals surface area contributed by atoms with Crippen LogP contribution in [0.3, 0.4) is 0 Å². The molecule has 144 valence electrons. The van der Waals surface area contributed by atoms with Crippen LogP contribution in [0.5, 0.6) is 0 Å². The van der Waals surface area contributed by atoms with Crippen molar-refractivity contribution in [3.8, 4) is 0 Å². The smallest absolute Gasteiger partial charge is 0.288 e. The Bertz CT molecular complexity index is 934. The van der Waals surface area contributed by atoms with Crippen molar-refractivity contribution in [1.82, 2.24) is 4.31 Å². The summed E-state index contributed by atoms with van der Waals surface area (Å²) in [6.45, 7) is 0.136. The molecular formula is C18H18F2N2O3S2. The second-order valence-corrected chi connectivity index (χ2v) is 9.19. The fourth-order valence-corrected chi connectivity index (χ4v) is 4.52. The molecule has 0 aromatic heterocycles. The van der Waals surface area contributed by atoms with Gasteiger partial charge in [-0.25, -0.2) is 8.42 Å². The van der Waals surface area contributed by atoms with Crippen LogP contribution in [0.25, 0.3) is 0 Å². The molecule has 5 nitrogen and oxygen atoms in total. The van der Waals surface area contributed by atoms with Crippen LogP contribution in [-0.4, -0.2) is 36.7 Å². The molecule has 1 amide bonds. The third-order valence-electron chi connectivity index (χ3n) is 4.28. The number of amides is 1. The molecule has 0 fully saturated rings. The molecule has 2 aromatic rings. The predicted octanol–water partition coefficient (Wildman–Crippen LogP) is 3.33. The van der Waals surface area contributed by atoms with E-state index in [0.29, 0.717) is 22.3 Å². The van der Waals surface area contributed by atoms with Gasteiger partial charge in [-0.15, -0.1) is 0 Å². The van der Waals surface area contributed by atoms with Gasteiger partial charge in [-0.2, -0.15) is 13.1 Å². The molecule has 0 unspecified atom stereocenters. The van der Waals surface area contributed by atoms with Gasteiger partial charge in [-0.3, -0.25) is 4.79 Å². The van der Waals surface area contributed by atoms with Crippen LogP contribution < -0.4 is 5.32 Å². The quantitative estimate of drug-likeness (QED) is 0.765. The highest BCUT2D eigenvalue weighted by atomic mass is 32.2. The van der Waals surface area contributed by atoms with E-state index in [1.807, 2.05) is 24.3 Å². The van der Waals surface area contributed by atoms with Crippen molar-refractivity contribution < 1.29 is 22.0 Å². The second kappa shape index (κ2) is 7.95. The summed E-state index contributed by atoms with van der Waals surface area (Å²) in [6.07, 6.45) is 1.35. The highest BCUT2D eigenvalue weighted by molar-refractivity contribution is 7.99. The Balaban J connectivity index is 1.79. The zero-order valence-electron chi connectivity index (χ0n) is 14.4. The number of hydrogen-bond acceptors (Lipinski definition) is 4. The Morgan fingerprint density at radius 1 is 1.15 bits per heavy atom. The highest BCUT2D eigenvalue weighted by Gasteiger charge is 2.36. The lowest BCUT2D eigenvalue weighted by Crippen LogP contribution is -2.50. The summed E-state index contributed by atoms with van der Waals surface area (Å²) in [5.74, 6) is -2.97. The number of nitrogens with one attached hydrogen (secondary N) is 1. The van der Waals surface area contributed by atoms with Crippen LogP contribution in [0.2, 0.25) is 0 Å². The number of carbonyl (C=O) groups excluding carboxylic acids is 1. The van der Waals surface area contributed by atoms with Gasteiger partial charge in [0.25, 0.3) is 5.76 Å². The number of rotatable bonds is 5. The SMILES string of the molecule is CS(=O)(=O)N1Cc2ccccc2C[C@H]1C(=O)Nc1ccc(SC(F)F)cc1. The average molecular weight is 412 g/mol. The Morgan fingerprint density at radius 2 is 1.78 bits per heavy atom. The van der Waals surface area contributed by atoms with Crippen molar-refractivity contribution in [3.63, 3.8) is 0 Å². The van der Waals surface area contributed by atoms with Crippen molar-refractivity contribution in [2.24, 2.45) is 0 Å². The van der Waals surface area contributed by atoms with Crippen molar-refractivity contribution in [1.29, 1.82) is 0 Å². The molecule has 9 heteroatoms. The molecule has 0 bridgehead atoms. The molecule has 1 aliphatic rings. The summed E-state index contributed by atoms with van der Waals surface area (Å²) >= 11 is 0.417. The number of carbonyl (C=O) groups is 1. The average Bonchev–Trinajstić information content (AvgIpc) is 2.61.